The van der Waals surface area contributed by atoms with Crippen LogP contribution in [0.5, 0.6) is 0 Å². The summed E-state index contributed by atoms with van der Waals surface area (Å²) in [5.41, 5.74) is 17.2. The molecule has 1 heterocycles. The number of benzene rings is 1. The first-order chi connectivity index (χ1) is 8.56. The monoisotopic (exact) mass is 265 g/mol. The van der Waals surface area contributed by atoms with Gasteiger partial charge in [0.25, 0.3) is 0 Å². The van der Waals surface area contributed by atoms with Crippen LogP contribution < -0.4 is 17.2 Å². The Bertz CT molecular complexity index is 555. The van der Waals surface area contributed by atoms with Gasteiger partial charge in [-0.1, -0.05) is 23.9 Å². The maximum atomic E-state index is 13.6. The molecule has 0 bridgehead atoms. The van der Waals surface area contributed by atoms with E-state index in [-0.39, 0.29) is 17.3 Å². The lowest BCUT2D eigenvalue weighted by atomic mass is 10.2. The highest BCUT2D eigenvalue weighted by Gasteiger charge is 2.07. The van der Waals surface area contributed by atoms with Crippen LogP contribution in [0.4, 0.5) is 21.7 Å². The largest absolute Gasteiger partial charge is 0.396 e. The number of aromatic nitrogens is 2. The van der Waals surface area contributed by atoms with Gasteiger partial charge < -0.3 is 17.2 Å². The summed E-state index contributed by atoms with van der Waals surface area (Å²) in [4.78, 5) is 7.99. The van der Waals surface area contributed by atoms with Crippen LogP contribution in [0.25, 0.3) is 0 Å². The van der Waals surface area contributed by atoms with E-state index in [0.29, 0.717) is 16.5 Å². The van der Waals surface area contributed by atoms with E-state index in [4.69, 9.17) is 17.2 Å². The quantitative estimate of drug-likeness (QED) is 0.443. The van der Waals surface area contributed by atoms with Crippen molar-refractivity contribution in [2.24, 2.45) is 0 Å². The summed E-state index contributed by atoms with van der Waals surface area (Å²) < 4.78 is 13.6. The highest BCUT2D eigenvalue weighted by atomic mass is 32.2. The van der Waals surface area contributed by atoms with E-state index in [1.165, 1.54) is 23.9 Å². The average Bonchev–Trinajstić information content (AvgIpc) is 2.30. The standard InChI is InChI=1S/C11H12FN5S/c12-10-6(2-1-3-7(10)13)5-18-11-16-8(14)4-9(15)17-11/h1-4H,5,13H2,(H4,14,15,16,17). The second kappa shape index (κ2) is 5.09. The van der Waals surface area contributed by atoms with E-state index in [1.807, 2.05) is 0 Å². The summed E-state index contributed by atoms with van der Waals surface area (Å²) >= 11 is 1.25. The number of halogens is 1. The normalized spacial score (nSPS) is 10.5. The van der Waals surface area contributed by atoms with Gasteiger partial charge in [0.1, 0.15) is 17.5 Å². The highest BCUT2D eigenvalue weighted by molar-refractivity contribution is 7.98. The van der Waals surface area contributed by atoms with E-state index in [2.05, 4.69) is 9.97 Å². The van der Waals surface area contributed by atoms with E-state index >= 15 is 0 Å². The minimum Gasteiger partial charge on any atom is -0.396 e. The van der Waals surface area contributed by atoms with Gasteiger partial charge in [0.2, 0.25) is 0 Å². The maximum absolute atomic E-state index is 13.6. The Morgan fingerprint density at radius 2 is 1.78 bits per heavy atom. The van der Waals surface area contributed by atoms with Crippen LogP contribution in [0.2, 0.25) is 0 Å². The molecule has 5 nitrogen and oxygen atoms in total. The topological polar surface area (TPSA) is 104 Å². The first-order valence-electron chi connectivity index (χ1n) is 5.12. The van der Waals surface area contributed by atoms with E-state index in [1.54, 1.807) is 12.1 Å². The summed E-state index contributed by atoms with van der Waals surface area (Å²) in [6, 6.07) is 6.33. The molecule has 0 amide bonds. The second-order valence-electron chi connectivity index (χ2n) is 3.61. The summed E-state index contributed by atoms with van der Waals surface area (Å²) in [5, 5.41) is 0.411. The van der Waals surface area contributed by atoms with Gasteiger partial charge in [0.15, 0.2) is 5.16 Å². The SMILES string of the molecule is Nc1cc(N)nc(SCc2cccc(N)c2F)n1. The summed E-state index contributed by atoms with van der Waals surface area (Å²) in [5.74, 6) is 0.526. The van der Waals surface area contributed by atoms with Crippen LogP contribution in [-0.4, -0.2) is 9.97 Å². The zero-order valence-corrected chi connectivity index (χ0v) is 10.2. The molecule has 2 aromatic rings. The van der Waals surface area contributed by atoms with Crippen LogP contribution in [0.3, 0.4) is 0 Å². The maximum Gasteiger partial charge on any atom is 0.191 e. The van der Waals surface area contributed by atoms with E-state index in [9.17, 15) is 4.39 Å². The number of nitrogen functional groups attached to an aromatic ring is 3. The molecule has 0 radical (unpaired) electrons. The first kappa shape index (κ1) is 12.4. The van der Waals surface area contributed by atoms with Gasteiger partial charge in [0, 0.05) is 17.4 Å². The van der Waals surface area contributed by atoms with Gasteiger partial charge in [-0.25, -0.2) is 14.4 Å². The zero-order valence-electron chi connectivity index (χ0n) is 9.43. The number of anilines is 3. The van der Waals surface area contributed by atoms with Crippen molar-refractivity contribution in [2.45, 2.75) is 10.9 Å². The van der Waals surface area contributed by atoms with Crippen molar-refractivity contribution in [1.82, 2.24) is 9.97 Å². The summed E-state index contributed by atoms with van der Waals surface area (Å²) in [6.45, 7) is 0. The smallest absolute Gasteiger partial charge is 0.191 e. The summed E-state index contributed by atoms with van der Waals surface area (Å²) in [7, 11) is 0. The molecule has 0 saturated heterocycles. The molecule has 7 heteroatoms. The number of hydrogen-bond donors (Lipinski definition) is 3. The zero-order chi connectivity index (χ0) is 13.1. The molecule has 18 heavy (non-hydrogen) atoms. The Kier molecular flexibility index (Phi) is 3.52. The molecule has 2 rings (SSSR count). The molecule has 0 spiro atoms. The third kappa shape index (κ3) is 2.80. The van der Waals surface area contributed by atoms with Crippen molar-refractivity contribution in [3.05, 3.63) is 35.6 Å². The number of rotatable bonds is 3. The van der Waals surface area contributed by atoms with Crippen LogP contribution in [0, 0.1) is 5.82 Å². The van der Waals surface area contributed by atoms with Crippen molar-refractivity contribution in [3.63, 3.8) is 0 Å². The molecule has 6 N–H and O–H groups in total. The number of nitrogens with two attached hydrogens (primary N) is 3. The Morgan fingerprint density at radius 1 is 1.11 bits per heavy atom. The van der Waals surface area contributed by atoms with Crippen LogP contribution >= 0.6 is 11.8 Å². The number of nitrogens with zero attached hydrogens (tertiary/aromatic N) is 2. The third-order valence-corrected chi connectivity index (χ3v) is 3.11. The van der Waals surface area contributed by atoms with Crippen molar-refractivity contribution in [1.29, 1.82) is 0 Å². The van der Waals surface area contributed by atoms with Crippen LogP contribution in [0.1, 0.15) is 5.56 Å². The first-order valence-corrected chi connectivity index (χ1v) is 6.10. The second-order valence-corrected chi connectivity index (χ2v) is 4.55. The molecular formula is C11H12FN5S. The Morgan fingerprint density at radius 3 is 2.44 bits per heavy atom. The predicted molar refractivity (Wildman–Crippen MR) is 71.2 cm³/mol. The lowest BCUT2D eigenvalue weighted by molar-refractivity contribution is 0.622. The summed E-state index contributed by atoms with van der Waals surface area (Å²) in [6.07, 6.45) is 0. The van der Waals surface area contributed by atoms with Gasteiger partial charge in [-0.2, -0.15) is 0 Å². The number of thioether (sulfide) groups is 1. The molecule has 0 unspecified atom stereocenters. The van der Waals surface area contributed by atoms with Crippen molar-refractivity contribution >= 4 is 29.1 Å². The molecule has 0 fully saturated rings. The molecule has 1 aromatic carbocycles. The predicted octanol–water partition coefficient (Wildman–Crippen LogP) is 1.65. The minimum absolute atomic E-state index is 0.126. The molecular weight excluding hydrogens is 253 g/mol. The third-order valence-electron chi connectivity index (χ3n) is 2.21. The van der Waals surface area contributed by atoms with Gasteiger partial charge in [-0.05, 0) is 6.07 Å². The van der Waals surface area contributed by atoms with Crippen molar-refractivity contribution in [3.8, 4) is 0 Å². The van der Waals surface area contributed by atoms with Gasteiger partial charge in [-0.15, -0.1) is 0 Å². The lowest BCUT2D eigenvalue weighted by Gasteiger charge is -2.05. The molecule has 0 aliphatic heterocycles. The van der Waals surface area contributed by atoms with Crippen molar-refractivity contribution in [2.75, 3.05) is 17.2 Å². The average molecular weight is 265 g/mol. The lowest BCUT2D eigenvalue weighted by Crippen LogP contribution is -2.00. The fourth-order valence-electron chi connectivity index (χ4n) is 1.38. The van der Waals surface area contributed by atoms with Gasteiger partial charge in [0.05, 0.1) is 5.69 Å². The molecule has 0 saturated carbocycles. The molecule has 94 valence electrons. The van der Waals surface area contributed by atoms with Gasteiger partial charge in [-0.3, -0.25) is 0 Å². The molecule has 0 atom stereocenters. The van der Waals surface area contributed by atoms with E-state index in [0.717, 1.165) is 0 Å². The Labute approximate surface area is 108 Å². The van der Waals surface area contributed by atoms with Crippen LogP contribution in [-0.2, 0) is 5.75 Å². The Hall–Kier alpha value is -2.02. The number of hydrogen-bond acceptors (Lipinski definition) is 6. The molecule has 0 aliphatic rings. The van der Waals surface area contributed by atoms with Gasteiger partial charge >= 0.3 is 0 Å². The Balaban J connectivity index is 2.14. The molecule has 0 aliphatic carbocycles. The minimum atomic E-state index is -0.415. The van der Waals surface area contributed by atoms with E-state index < -0.39 is 5.82 Å². The van der Waals surface area contributed by atoms with Crippen LogP contribution in [0.15, 0.2) is 29.4 Å². The fourth-order valence-corrected chi connectivity index (χ4v) is 2.23. The van der Waals surface area contributed by atoms with Crippen molar-refractivity contribution < 1.29 is 4.39 Å². The fraction of sp³-hybridized carbons (Fsp3) is 0.0909. The molecule has 1 aromatic heterocycles. The highest BCUT2D eigenvalue weighted by Crippen LogP contribution is 2.24.